The molecular weight excluding hydrogens is 344 g/mol. The number of hydrogen-bond acceptors (Lipinski definition) is 5. The van der Waals surface area contributed by atoms with Crippen molar-refractivity contribution in [1.29, 1.82) is 0 Å². The highest BCUT2D eigenvalue weighted by Crippen LogP contribution is 2.35. The van der Waals surface area contributed by atoms with Crippen LogP contribution in [0.1, 0.15) is 37.0 Å². The SMILES string of the molecule is COCCCCNC(=O)c1ccc(N2C(=O)C(C)(C)CS2(=O)=O)cc1. The maximum atomic E-state index is 12.3. The topological polar surface area (TPSA) is 92.8 Å². The fraction of sp³-hybridized carbons (Fsp3) is 0.529. The second-order valence-corrected chi connectivity index (χ2v) is 8.53. The molecule has 1 aliphatic rings. The lowest BCUT2D eigenvalue weighted by molar-refractivity contribution is -0.123. The molecule has 7 nitrogen and oxygen atoms in total. The molecule has 0 saturated carbocycles. The fourth-order valence-electron chi connectivity index (χ4n) is 2.68. The first kappa shape index (κ1) is 19.4. The number of amides is 2. The average Bonchev–Trinajstić information content (AvgIpc) is 2.70. The molecule has 25 heavy (non-hydrogen) atoms. The Balaban J connectivity index is 2.05. The van der Waals surface area contributed by atoms with E-state index in [9.17, 15) is 18.0 Å². The van der Waals surface area contributed by atoms with Crippen molar-refractivity contribution in [2.75, 3.05) is 30.3 Å². The molecule has 2 amide bonds. The number of anilines is 1. The van der Waals surface area contributed by atoms with E-state index < -0.39 is 21.3 Å². The van der Waals surface area contributed by atoms with Gasteiger partial charge in [-0.2, -0.15) is 0 Å². The zero-order valence-corrected chi connectivity index (χ0v) is 15.6. The minimum atomic E-state index is -3.68. The van der Waals surface area contributed by atoms with Crippen molar-refractivity contribution in [1.82, 2.24) is 5.32 Å². The predicted molar refractivity (Wildman–Crippen MR) is 94.9 cm³/mol. The van der Waals surface area contributed by atoms with Gasteiger partial charge in [-0.1, -0.05) is 0 Å². The highest BCUT2D eigenvalue weighted by molar-refractivity contribution is 7.94. The predicted octanol–water partition coefficient (Wildman–Crippen LogP) is 1.55. The maximum absolute atomic E-state index is 12.3. The summed E-state index contributed by atoms with van der Waals surface area (Å²) >= 11 is 0. The second-order valence-electron chi connectivity index (χ2n) is 6.71. The summed E-state index contributed by atoms with van der Waals surface area (Å²) in [6.07, 6.45) is 1.67. The summed E-state index contributed by atoms with van der Waals surface area (Å²) in [5.74, 6) is -0.912. The molecule has 0 aliphatic carbocycles. The van der Waals surface area contributed by atoms with Crippen LogP contribution in [0.25, 0.3) is 0 Å². The molecule has 1 fully saturated rings. The number of methoxy groups -OCH3 is 1. The molecule has 1 saturated heterocycles. The van der Waals surface area contributed by atoms with Crippen LogP contribution < -0.4 is 9.62 Å². The van der Waals surface area contributed by atoms with Crippen LogP contribution in [-0.4, -0.2) is 46.2 Å². The molecule has 1 aliphatic heterocycles. The molecule has 0 atom stereocenters. The number of nitrogens with one attached hydrogen (secondary N) is 1. The van der Waals surface area contributed by atoms with Gasteiger partial charge in [0.25, 0.3) is 5.91 Å². The number of carbonyl (C=O) groups is 2. The first-order valence-corrected chi connectivity index (χ1v) is 9.74. The molecule has 0 unspecified atom stereocenters. The zero-order valence-electron chi connectivity index (χ0n) is 14.7. The van der Waals surface area contributed by atoms with Crippen molar-refractivity contribution in [3.63, 3.8) is 0 Å². The van der Waals surface area contributed by atoms with Gasteiger partial charge in [-0.15, -0.1) is 0 Å². The van der Waals surface area contributed by atoms with E-state index >= 15 is 0 Å². The number of unbranched alkanes of at least 4 members (excludes halogenated alkanes) is 1. The summed E-state index contributed by atoms with van der Waals surface area (Å²) in [6.45, 7) is 4.41. The highest BCUT2D eigenvalue weighted by atomic mass is 32.2. The van der Waals surface area contributed by atoms with Gasteiger partial charge in [-0.25, -0.2) is 12.7 Å². The molecule has 1 aromatic rings. The van der Waals surface area contributed by atoms with Gasteiger partial charge in [0.2, 0.25) is 15.9 Å². The Morgan fingerprint density at radius 1 is 1.24 bits per heavy atom. The Morgan fingerprint density at radius 3 is 2.40 bits per heavy atom. The van der Waals surface area contributed by atoms with E-state index in [4.69, 9.17) is 4.74 Å². The van der Waals surface area contributed by atoms with E-state index in [0.717, 1.165) is 17.1 Å². The van der Waals surface area contributed by atoms with Crippen LogP contribution in [0.2, 0.25) is 0 Å². The van der Waals surface area contributed by atoms with E-state index in [0.29, 0.717) is 18.7 Å². The minimum absolute atomic E-state index is 0.220. The monoisotopic (exact) mass is 368 g/mol. The van der Waals surface area contributed by atoms with Crippen LogP contribution in [0.4, 0.5) is 5.69 Å². The molecule has 0 spiro atoms. The number of ether oxygens (including phenoxy) is 1. The third kappa shape index (κ3) is 4.38. The molecule has 0 aromatic heterocycles. The number of carbonyl (C=O) groups excluding carboxylic acids is 2. The van der Waals surface area contributed by atoms with Gasteiger partial charge in [0.15, 0.2) is 0 Å². The lowest BCUT2D eigenvalue weighted by atomic mass is 9.95. The summed E-state index contributed by atoms with van der Waals surface area (Å²) in [4.78, 5) is 24.4. The molecule has 1 aromatic carbocycles. The van der Waals surface area contributed by atoms with Crippen LogP contribution in [0.15, 0.2) is 24.3 Å². The Hall–Kier alpha value is -1.93. The molecule has 2 rings (SSSR count). The first-order chi connectivity index (χ1) is 11.7. The summed E-state index contributed by atoms with van der Waals surface area (Å²) in [5.41, 5.74) is -0.275. The smallest absolute Gasteiger partial charge is 0.251 e. The van der Waals surface area contributed by atoms with Gasteiger partial charge in [0.05, 0.1) is 16.9 Å². The highest BCUT2D eigenvalue weighted by Gasteiger charge is 2.49. The molecule has 0 radical (unpaired) electrons. The van der Waals surface area contributed by atoms with Crippen molar-refractivity contribution >= 4 is 27.5 Å². The van der Waals surface area contributed by atoms with E-state index in [2.05, 4.69) is 5.32 Å². The number of nitrogens with zero attached hydrogens (tertiary/aromatic N) is 1. The van der Waals surface area contributed by atoms with Gasteiger partial charge in [-0.05, 0) is 51.0 Å². The second kappa shape index (κ2) is 7.53. The van der Waals surface area contributed by atoms with Gasteiger partial charge < -0.3 is 10.1 Å². The molecule has 0 bridgehead atoms. The van der Waals surface area contributed by atoms with E-state index in [1.54, 1.807) is 21.0 Å². The number of benzene rings is 1. The largest absolute Gasteiger partial charge is 0.385 e. The Labute approximate surface area is 148 Å². The van der Waals surface area contributed by atoms with Crippen LogP contribution in [0, 0.1) is 5.41 Å². The third-order valence-electron chi connectivity index (χ3n) is 4.01. The Kier molecular flexibility index (Phi) is 5.84. The summed E-state index contributed by atoms with van der Waals surface area (Å²) in [6, 6.07) is 6.01. The maximum Gasteiger partial charge on any atom is 0.251 e. The van der Waals surface area contributed by atoms with E-state index in [1.807, 2.05) is 0 Å². The van der Waals surface area contributed by atoms with E-state index in [1.165, 1.54) is 24.3 Å². The lowest BCUT2D eigenvalue weighted by Gasteiger charge is -2.17. The fourth-order valence-corrected chi connectivity index (χ4v) is 4.79. The summed E-state index contributed by atoms with van der Waals surface area (Å²) in [7, 11) is -2.05. The van der Waals surface area contributed by atoms with Gasteiger partial charge in [0.1, 0.15) is 0 Å². The third-order valence-corrected chi connectivity index (χ3v) is 6.03. The van der Waals surface area contributed by atoms with Crippen LogP contribution in [0.3, 0.4) is 0 Å². The molecular formula is C17H24N2O5S. The van der Waals surface area contributed by atoms with E-state index in [-0.39, 0.29) is 17.3 Å². The van der Waals surface area contributed by atoms with Crippen molar-refractivity contribution in [3.8, 4) is 0 Å². The lowest BCUT2D eigenvalue weighted by Crippen LogP contribution is -2.33. The molecule has 138 valence electrons. The number of hydrogen-bond donors (Lipinski definition) is 1. The van der Waals surface area contributed by atoms with Crippen LogP contribution >= 0.6 is 0 Å². The van der Waals surface area contributed by atoms with Crippen LogP contribution in [-0.2, 0) is 19.6 Å². The van der Waals surface area contributed by atoms with Crippen molar-refractivity contribution in [2.24, 2.45) is 5.41 Å². The van der Waals surface area contributed by atoms with Crippen molar-refractivity contribution in [3.05, 3.63) is 29.8 Å². The summed E-state index contributed by atoms with van der Waals surface area (Å²) in [5, 5.41) is 2.79. The standard InChI is InChI=1S/C17H24N2O5S/c1-17(2)12-25(22,23)19(16(17)21)14-8-6-13(7-9-14)15(20)18-10-4-5-11-24-3/h6-9H,4-5,10-12H2,1-3H3,(H,18,20). The van der Waals surface area contributed by atoms with Crippen molar-refractivity contribution in [2.45, 2.75) is 26.7 Å². The average molecular weight is 368 g/mol. The normalized spacial score (nSPS) is 18.4. The van der Waals surface area contributed by atoms with Gasteiger partial charge in [0, 0.05) is 25.8 Å². The minimum Gasteiger partial charge on any atom is -0.385 e. The van der Waals surface area contributed by atoms with Crippen molar-refractivity contribution < 1.29 is 22.7 Å². The number of sulfonamides is 1. The van der Waals surface area contributed by atoms with Crippen LogP contribution in [0.5, 0.6) is 0 Å². The molecule has 8 heteroatoms. The molecule has 1 N–H and O–H groups in total. The molecule has 1 heterocycles. The number of rotatable bonds is 7. The Bertz CT molecular complexity index is 741. The Morgan fingerprint density at radius 2 is 1.88 bits per heavy atom. The van der Waals surface area contributed by atoms with Gasteiger partial charge in [-0.3, -0.25) is 9.59 Å². The quantitative estimate of drug-likeness (QED) is 0.737. The first-order valence-electron chi connectivity index (χ1n) is 8.14. The summed E-state index contributed by atoms with van der Waals surface area (Å²) < 4.78 is 30.3. The van der Waals surface area contributed by atoms with Gasteiger partial charge >= 0.3 is 0 Å². The zero-order chi connectivity index (χ0) is 18.7.